The van der Waals surface area contributed by atoms with Crippen molar-refractivity contribution in [3.63, 3.8) is 0 Å². The average molecular weight is 482 g/mol. The first kappa shape index (κ1) is 25.1. The van der Waals surface area contributed by atoms with Gasteiger partial charge in [0.15, 0.2) is 11.9 Å². The van der Waals surface area contributed by atoms with Crippen LogP contribution >= 0.6 is 11.6 Å². The maximum atomic E-state index is 13.0. The summed E-state index contributed by atoms with van der Waals surface area (Å²) in [5.41, 5.74) is 2.96. The van der Waals surface area contributed by atoms with Crippen molar-refractivity contribution in [2.75, 3.05) is 25.5 Å². The smallest absolute Gasteiger partial charge is 0.257 e. The number of carbonyl (C=O) groups is 2. The lowest BCUT2D eigenvalue weighted by molar-refractivity contribution is 0.0947. The van der Waals surface area contributed by atoms with Gasteiger partial charge in [0.1, 0.15) is 5.75 Å². The topological polar surface area (TPSA) is 105 Å². The Morgan fingerprint density at radius 2 is 1.88 bits per heavy atom. The zero-order valence-electron chi connectivity index (χ0n) is 19.6. The van der Waals surface area contributed by atoms with E-state index in [1.807, 2.05) is 33.0 Å². The summed E-state index contributed by atoms with van der Waals surface area (Å²) in [7, 11) is 1.82. The fraction of sp³-hybridized carbons (Fsp3) is 0.280. The number of nitrogens with one attached hydrogen (secondary N) is 3. The summed E-state index contributed by atoms with van der Waals surface area (Å²) in [5, 5.41) is 8.91. The molecule has 0 aliphatic rings. The molecule has 0 saturated carbocycles. The van der Waals surface area contributed by atoms with Crippen molar-refractivity contribution in [1.82, 2.24) is 20.6 Å². The summed E-state index contributed by atoms with van der Waals surface area (Å²) >= 11 is 6.13. The van der Waals surface area contributed by atoms with E-state index in [2.05, 4.69) is 25.9 Å². The van der Waals surface area contributed by atoms with E-state index in [1.54, 1.807) is 31.3 Å². The van der Waals surface area contributed by atoms with E-state index >= 15 is 0 Å². The van der Waals surface area contributed by atoms with Crippen LogP contribution < -0.4 is 20.7 Å². The number of anilines is 1. The molecule has 0 aliphatic heterocycles. The monoisotopic (exact) mass is 481 g/mol. The van der Waals surface area contributed by atoms with Gasteiger partial charge in [0.05, 0.1) is 16.3 Å². The molecule has 0 spiro atoms. The number of amides is 2. The molecule has 9 heteroatoms. The van der Waals surface area contributed by atoms with Crippen molar-refractivity contribution in [2.24, 2.45) is 0 Å². The second kappa shape index (κ2) is 11.6. The van der Waals surface area contributed by atoms with E-state index in [-0.39, 0.29) is 17.3 Å². The minimum absolute atomic E-state index is 0.244. The molecular formula is C25H28ClN5O3. The minimum atomic E-state index is -0.440. The maximum absolute atomic E-state index is 13.0. The molecule has 2 aromatic heterocycles. The molecule has 3 N–H and O–H groups in total. The normalized spacial score (nSPS) is 11.6. The molecule has 8 nitrogen and oxygen atoms in total. The number of hydrogen-bond donors (Lipinski definition) is 3. The van der Waals surface area contributed by atoms with Crippen LogP contribution in [-0.2, 0) is 0 Å². The molecule has 1 atom stereocenters. The Hall–Kier alpha value is -3.49. The number of aryl methyl sites for hydroxylation is 2. The molecule has 0 fully saturated rings. The molecule has 34 heavy (non-hydrogen) atoms. The molecule has 1 aromatic carbocycles. The standard InChI is InChI=1S/C25H28ClN5O3/c1-5-28-24(32)18-12-17(25(33)31-23-19(26)7-6-10-29-23)16(3)11-21(18)34-22(14-27-4)20-9-8-15(2)13-30-20/h6-13,22,27H,5,14H2,1-4H3,(H,28,32)(H,29,31,33)/t22-/m1/s1. The van der Waals surface area contributed by atoms with Crippen LogP contribution in [0.15, 0.2) is 48.8 Å². The van der Waals surface area contributed by atoms with Crippen molar-refractivity contribution >= 4 is 29.2 Å². The van der Waals surface area contributed by atoms with Gasteiger partial charge in [-0.1, -0.05) is 17.7 Å². The van der Waals surface area contributed by atoms with Crippen molar-refractivity contribution in [3.8, 4) is 5.75 Å². The molecule has 0 bridgehead atoms. The summed E-state index contributed by atoms with van der Waals surface area (Å²) < 4.78 is 6.28. The second-order valence-corrected chi connectivity index (χ2v) is 8.14. The maximum Gasteiger partial charge on any atom is 0.257 e. The molecule has 2 heterocycles. The number of hydrogen-bond acceptors (Lipinski definition) is 6. The third kappa shape index (κ3) is 6.09. The summed E-state index contributed by atoms with van der Waals surface area (Å²) in [6.07, 6.45) is 2.87. The van der Waals surface area contributed by atoms with Gasteiger partial charge in [-0.05, 0) is 69.3 Å². The molecular weight excluding hydrogens is 454 g/mol. The first-order valence-corrected chi connectivity index (χ1v) is 11.3. The fourth-order valence-electron chi connectivity index (χ4n) is 3.32. The number of ether oxygens (including phenoxy) is 1. The van der Waals surface area contributed by atoms with E-state index in [4.69, 9.17) is 16.3 Å². The third-order valence-corrected chi connectivity index (χ3v) is 5.37. The SMILES string of the molecule is CCNC(=O)c1cc(C(=O)Nc2ncccc2Cl)c(C)cc1O[C@H](CNC)c1ccc(C)cn1. The van der Waals surface area contributed by atoms with Gasteiger partial charge in [-0.2, -0.15) is 0 Å². The Morgan fingerprint density at radius 1 is 1.09 bits per heavy atom. The number of benzene rings is 1. The van der Waals surface area contributed by atoms with Gasteiger partial charge in [0.25, 0.3) is 11.8 Å². The number of rotatable bonds is 9. The highest BCUT2D eigenvalue weighted by Crippen LogP contribution is 2.29. The Morgan fingerprint density at radius 3 is 2.53 bits per heavy atom. The largest absolute Gasteiger partial charge is 0.482 e. The zero-order chi connectivity index (χ0) is 24.7. The van der Waals surface area contributed by atoms with E-state index < -0.39 is 12.0 Å². The fourth-order valence-corrected chi connectivity index (χ4v) is 3.49. The molecule has 2 amide bonds. The summed E-state index contributed by atoms with van der Waals surface area (Å²) in [4.78, 5) is 34.5. The Bertz CT molecular complexity index is 1170. The number of halogens is 1. The highest BCUT2D eigenvalue weighted by molar-refractivity contribution is 6.33. The lowest BCUT2D eigenvalue weighted by Gasteiger charge is -2.22. The predicted molar refractivity (Wildman–Crippen MR) is 133 cm³/mol. The lowest BCUT2D eigenvalue weighted by Crippen LogP contribution is -2.27. The number of aromatic nitrogens is 2. The molecule has 0 radical (unpaired) electrons. The van der Waals surface area contributed by atoms with Crippen LogP contribution in [0.1, 0.15) is 50.6 Å². The highest BCUT2D eigenvalue weighted by Gasteiger charge is 2.23. The lowest BCUT2D eigenvalue weighted by atomic mass is 10.0. The van der Waals surface area contributed by atoms with E-state index in [9.17, 15) is 9.59 Å². The molecule has 3 aromatic rings. The summed E-state index contributed by atoms with van der Waals surface area (Å²) in [6, 6.07) is 10.4. The summed E-state index contributed by atoms with van der Waals surface area (Å²) in [5.74, 6) is -0.170. The van der Waals surface area contributed by atoms with Crippen LogP contribution in [0.2, 0.25) is 5.02 Å². The van der Waals surface area contributed by atoms with Crippen LogP contribution in [0.4, 0.5) is 5.82 Å². The van der Waals surface area contributed by atoms with Gasteiger partial charge in [0, 0.05) is 31.0 Å². The van der Waals surface area contributed by atoms with E-state index in [0.717, 1.165) is 11.3 Å². The van der Waals surface area contributed by atoms with Crippen LogP contribution in [0, 0.1) is 13.8 Å². The Kier molecular flexibility index (Phi) is 8.56. The van der Waals surface area contributed by atoms with Gasteiger partial charge < -0.3 is 20.7 Å². The van der Waals surface area contributed by atoms with E-state index in [1.165, 1.54) is 12.3 Å². The Labute approximate surface area is 204 Å². The molecule has 178 valence electrons. The predicted octanol–water partition coefficient (Wildman–Crippen LogP) is 4.09. The first-order chi connectivity index (χ1) is 16.3. The summed E-state index contributed by atoms with van der Waals surface area (Å²) in [6.45, 7) is 6.47. The van der Waals surface area contributed by atoms with E-state index in [0.29, 0.717) is 35.0 Å². The van der Waals surface area contributed by atoms with Crippen molar-refractivity contribution < 1.29 is 14.3 Å². The molecule has 0 saturated heterocycles. The first-order valence-electron chi connectivity index (χ1n) is 10.9. The van der Waals surface area contributed by atoms with Crippen LogP contribution in [0.3, 0.4) is 0 Å². The van der Waals surface area contributed by atoms with Gasteiger partial charge in [0.2, 0.25) is 0 Å². The van der Waals surface area contributed by atoms with Crippen LogP contribution in [-0.4, -0.2) is 41.9 Å². The third-order valence-electron chi connectivity index (χ3n) is 5.07. The van der Waals surface area contributed by atoms with Crippen molar-refractivity contribution in [1.29, 1.82) is 0 Å². The molecule has 3 rings (SSSR count). The van der Waals surface area contributed by atoms with Crippen molar-refractivity contribution in [3.05, 3.63) is 81.8 Å². The number of likely N-dealkylation sites (N-methyl/N-ethyl adjacent to an activating group) is 1. The van der Waals surface area contributed by atoms with Gasteiger partial charge >= 0.3 is 0 Å². The zero-order valence-corrected chi connectivity index (χ0v) is 20.4. The number of nitrogens with zero attached hydrogens (tertiary/aromatic N) is 2. The van der Waals surface area contributed by atoms with Crippen LogP contribution in [0.25, 0.3) is 0 Å². The second-order valence-electron chi connectivity index (χ2n) is 7.74. The van der Waals surface area contributed by atoms with Gasteiger partial charge in [-0.25, -0.2) is 4.98 Å². The molecule has 0 unspecified atom stereocenters. The van der Waals surface area contributed by atoms with Gasteiger partial charge in [-0.15, -0.1) is 0 Å². The number of pyridine rings is 2. The van der Waals surface area contributed by atoms with Gasteiger partial charge in [-0.3, -0.25) is 14.6 Å². The van der Waals surface area contributed by atoms with Crippen LogP contribution in [0.5, 0.6) is 5.75 Å². The molecule has 0 aliphatic carbocycles. The Balaban J connectivity index is 1.98. The van der Waals surface area contributed by atoms with Crippen molar-refractivity contribution in [2.45, 2.75) is 26.9 Å². The average Bonchev–Trinajstić information content (AvgIpc) is 2.81. The number of carbonyl (C=O) groups excluding carboxylic acids is 2. The minimum Gasteiger partial charge on any atom is -0.482 e. The highest BCUT2D eigenvalue weighted by atomic mass is 35.5. The quantitative estimate of drug-likeness (QED) is 0.425.